The van der Waals surface area contributed by atoms with Gasteiger partial charge in [0.1, 0.15) is 18.4 Å². The van der Waals surface area contributed by atoms with E-state index in [0.29, 0.717) is 12.4 Å². The minimum Gasteiger partial charge on any atom is -0.489 e. The Hall–Kier alpha value is -3.74. The van der Waals surface area contributed by atoms with E-state index in [9.17, 15) is 18.4 Å². The monoisotopic (exact) mass is 425 g/mol. The lowest BCUT2D eigenvalue weighted by molar-refractivity contribution is -0.142. The number of esters is 1. The molecule has 0 aliphatic carbocycles. The Kier molecular flexibility index (Phi) is 7.32. The first-order valence-electron chi connectivity index (χ1n) is 9.55. The van der Waals surface area contributed by atoms with Crippen molar-refractivity contribution in [3.63, 3.8) is 0 Å². The molecule has 7 heteroatoms. The smallest absolute Gasteiger partial charge is 0.328 e. The number of halogens is 2. The molecule has 31 heavy (non-hydrogen) atoms. The molecule has 5 nitrogen and oxygen atoms in total. The Morgan fingerprint density at radius 1 is 0.903 bits per heavy atom. The van der Waals surface area contributed by atoms with Gasteiger partial charge in [-0.25, -0.2) is 13.6 Å². The Morgan fingerprint density at radius 3 is 2.35 bits per heavy atom. The third kappa shape index (κ3) is 6.12. The van der Waals surface area contributed by atoms with Crippen LogP contribution in [-0.4, -0.2) is 25.0 Å². The van der Waals surface area contributed by atoms with E-state index in [-0.39, 0.29) is 12.0 Å². The van der Waals surface area contributed by atoms with Crippen LogP contribution in [0.2, 0.25) is 0 Å². The third-order valence-corrected chi connectivity index (χ3v) is 4.56. The summed E-state index contributed by atoms with van der Waals surface area (Å²) < 4.78 is 37.1. The van der Waals surface area contributed by atoms with Gasteiger partial charge in [0, 0.05) is 12.0 Å². The van der Waals surface area contributed by atoms with Gasteiger partial charge in [0.15, 0.2) is 11.6 Å². The van der Waals surface area contributed by atoms with Gasteiger partial charge in [0.05, 0.1) is 7.11 Å². The number of hydrogen-bond acceptors (Lipinski definition) is 4. The Morgan fingerprint density at radius 2 is 1.65 bits per heavy atom. The lowest BCUT2D eigenvalue weighted by atomic mass is 10.0. The molecule has 0 unspecified atom stereocenters. The molecule has 0 fully saturated rings. The van der Waals surface area contributed by atoms with Crippen LogP contribution in [0.3, 0.4) is 0 Å². The van der Waals surface area contributed by atoms with Crippen LogP contribution in [0.5, 0.6) is 5.75 Å². The molecule has 1 atom stereocenters. The standard InChI is InChI=1S/C24H21F2NO4/c1-30-24(29)22(27-23(28)18-10-11-20(25)21(26)14-18)13-17-8-5-9-19(12-17)31-15-16-6-3-2-4-7-16/h2-12,14,22H,13,15H2,1H3,(H,27,28)/t22-/m1/s1. The number of rotatable bonds is 8. The van der Waals surface area contributed by atoms with Gasteiger partial charge in [0.2, 0.25) is 0 Å². The highest BCUT2D eigenvalue weighted by molar-refractivity contribution is 5.96. The molecule has 0 saturated heterocycles. The van der Waals surface area contributed by atoms with E-state index in [4.69, 9.17) is 9.47 Å². The molecule has 160 valence electrons. The molecule has 0 saturated carbocycles. The molecular formula is C24H21F2NO4. The molecular weight excluding hydrogens is 404 g/mol. The summed E-state index contributed by atoms with van der Waals surface area (Å²) in [5.41, 5.74) is 1.64. The number of methoxy groups -OCH3 is 1. The second kappa shape index (κ2) is 10.3. The summed E-state index contributed by atoms with van der Waals surface area (Å²) >= 11 is 0. The number of hydrogen-bond donors (Lipinski definition) is 1. The van der Waals surface area contributed by atoms with E-state index in [0.717, 1.165) is 29.3 Å². The zero-order valence-electron chi connectivity index (χ0n) is 16.8. The van der Waals surface area contributed by atoms with Crippen molar-refractivity contribution in [1.29, 1.82) is 0 Å². The van der Waals surface area contributed by atoms with Crippen molar-refractivity contribution in [3.8, 4) is 5.75 Å². The second-order valence-electron chi connectivity index (χ2n) is 6.80. The van der Waals surface area contributed by atoms with Crippen molar-refractivity contribution in [3.05, 3.63) is 101 Å². The van der Waals surface area contributed by atoms with Gasteiger partial charge < -0.3 is 14.8 Å². The van der Waals surface area contributed by atoms with E-state index in [2.05, 4.69) is 5.32 Å². The first-order valence-corrected chi connectivity index (χ1v) is 9.55. The largest absolute Gasteiger partial charge is 0.489 e. The van der Waals surface area contributed by atoms with E-state index in [1.807, 2.05) is 30.3 Å². The lowest BCUT2D eigenvalue weighted by Gasteiger charge is -2.17. The molecule has 0 aromatic heterocycles. The van der Waals surface area contributed by atoms with Gasteiger partial charge in [-0.1, -0.05) is 42.5 Å². The van der Waals surface area contributed by atoms with Crippen LogP contribution < -0.4 is 10.1 Å². The van der Waals surface area contributed by atoms with Crippen molar-refractivity contribution in [2.75, 3.05) is 7.11 Å². The SMILES string of the molecule is COC(=O)[C@@H](Cc1cccc(OCc2ccccc2)c1)NC(=O)c1ccc(F)c(F)c1. The Bertz CT molecular complexity index is 1060. The van der Waals surface area contributed by atoms with Gasteiger partial charge in [-0.3, -0.25) is 4.79 Å². The molecule has 0 aliphatic heterocycles. The summed E-state index contributed by atoms with van der Waals surface area (Å²) in [4.78, 5) is 24.6. The number of carbonyl (C=O) groups excluding carboxylic acids is 2. The molecule has 3 rings (SSSR count). The number of nitrogens with one attached hydrogen (secondary N) is 1. The Labute approximate surface area is 178 Å². The molecule has 3 aromatic carbocycles. The number of carbonyl (C=O) groups is 2. The minimum absolute atomic E-state index is 0.104. The highest BCUT2D eigenvalue weighted by Crippen LogP contribution is 2.17. The number of ether oxygens (including phenoxy) is 2. The normalized spacial score (nSPS) is 11.5. The fourth-order valence-electron chi connectivity index (χ4n) is 2.95. The minimum atomic E-state index is -1.15. The van der Waals surface area contributed by atoms with E-state index in [1.165, 1.54) is 7.11 Å². The summed E-state index contributed by atoms with van der Waals surface area (Å²) in [6, 6.07) is 18.5. The van der Waals surface area contributed by atoms with E-state index >= 15 is 0 Å². The summed E-state index contributed by atoms with van der Waals surface area (Å²) in [7, 11) is 1.21. The predicted molar refractivity (Wildman–Crippen MR) is 111 cm³/mol. The fraction of sp³-hybridized carbons (Fsp3) is 0.167. The van der Waals surface area contributed by atoms with Crippen LogP contribution in [-0.2, 0) is 22.6 Å². The zero-order chi connectivity index (χ0) is 22.2. The third-order valence-electron chi connectivity index (χ3n) is 4.56. The maximum Gasteiger partial charge on any atom is 0.328 e. The molecule has 3 aromatic rings. The average molecular weight is 425 g/mol. The summed E-state index contributed by atoms with van der Waals surface area (Å²) in [5.74, 6) is -2.98. The van der Waals surface area contributed by atoms with Crippen LogP contribution in [0.4, 0.5) is 8.78 Å². The number of benzene rings is 3. The second-order valence-corrected chi connectivity index (χ2v) is 6.80. The van der Waals surface area contributed by atoms with Gasteiger partial charge in [0.25, 0.3) is 5.91 Å². The van der Waals surface area contributed by atoms with Crippen LogP contribution in [0, 0.1) is 11.6 Å². The van der Waals surface area contributed by atoms with Crippen LogP contribution in [0.15, 0.2) is 72.8 Å². The highest BCUT2D eigenvalue weighted by atomic mass is 19.2. The molecule has 0 heterocycles. The topological polar surface area (TPSA) is 64.6 Å². The predicted octanol–water partition coefficient (Wildman–Crippen LogP) is 4.06. The maximum absolute atomic E-state index is 13.4. The van der Waals surface area contributed by atoms with E-state index < -0.39 is 29.6 Å². The molecule has 1 amide bonds. The molecule has 1 N–H and O–H groups in total. The van der Waals surface area contributed by atoms with Crippen molar-refractivity contribution in [2.45, 2.75) is 19.1 Å². The molecule has 0 spiro atoms. The van der Waals surface area contributed by atoms with Gasteiger partial charge >= 0.3 is 5.97 Å². The van der Waals surface area contributed by atoms with E-state index in [1.54, 1.807) is 24.3 Å². The first-order chi connectivity index (χ1) is 15.0. The van der Waals surface area contributed by atoms with Crippen LogP contribution in [0.1, 0.15) is 21.5 Å². The molecule has 0 bridgehead atoms. The summed E-state index contributed by atoms with van der Waals surface area (Å²) in [5, 5.41) is 2.51. The average Bonchev–Trinajstić information content (AvgIpc) is 2.79. The van der Waals surface area contributed by atoms with Gasteiger partial charge in [-0.05, 0) is 41.5 Å². The van der Waals surface area contributed by atoms with Gasteiger partial charge in [-0.15, -0.1) is 0 Å². The summed E-state index contributed by atoms with van der Waals surface area (Å²) in [6.45, 7) is 0.386. The molecule has 0 aliphatic rings. The van der Waals surface area contributed by atoms with Crippen LogP contribution >= 0.6 is 0 Å². The Balaban J connectivity index is 1.69. The fourth-order valence-corrected chi connectivity index (χ4v) is 2.95. The number of amides is 1. The van der Waals surface area contributed by atoms with Crippen LogP contribution in [0.25, 0.3) is 0 Å². The zero-order valence-corrected chi connectivity index (χ0v) is 16.8. The molecule has 0 radical (unpaired) electrons. The van der Waals surface area contributed by atoms with Crippen molar-refractivity contribution in [1.82, 2.24) is 5.32 Å². The lowest BCUT2D eigenvalue weighted by Crippen LogP contribution is -2.43. The van der Waals surface area contributed by atoms with Crippen molar-refractivity contribution < 1.29 is 27.8 Å². The van der Waals surface area contributed by atoms with Crippen molar-refractivity contribution >= 4 is 11.9 Å². The maximum atomic E-state index is 13.4. The highest BCUT2D eigenvalue weighted by Gasteiger charge is 2.23. The van der Waals surface area contributed by atoms with Gasteiger partial charge in [-0.2, -0.15) is 0 Å². The summed E-state index contributed by atoms with van der Waals surface area (Å²) in [6.07, 6.45) is 0.130. The first kappa shape index (κ1) is 22.0. The van der Waals surface area contributed by atoms with Crippen molar-refractivity contribution in [2.24, 2.45) is 0 Å². The quantitative estimate of drug-likeness (QED) is 0.553.